The van der Waals surface area contributed by atoms with Crippen molar-refractivity contribution in [2.24, 2.45) is 0 Å². The van der Waals surface area contributed by atoms with Gasteiger partial charge in [0, 0.05) is 13.1 Å². The topological polar surface area (TPSA) is 66.5 Å². The molecule has 118 valence electrons. The summed E-state index contributed by atoms with van der Waals surface area (Å²) in [6, 6.07) is 6.89. The van der Waals surface area contributed by atoms with E-state index in [1.165, 1.54) is 16.7 Å². The summed E-state index contributed by atoms with van der Waals surface area (Å²) < 4.78 is 0. The molecule has 0 aliphatic carbocycles. The van der Waals surface area contributed by atoms with Gasteiger partial charge in [0.2, 0.25) is 5.91 Å². The Bertz CT molecular complexity index is 539. The standard InChI is InChI=1S/C16H20N2O3S/c1-2-8-17-14(19)11-22-10-5-9-18-15(20)12-6-3-4-7-13(12)16(18)21/h3-4,6-7H,2,5,8-11H2,1H3,(H,17,19). The third-order valence-corrected chi connectivity index (χ3v) is 4.40. The van der Waals surface area contributed by atoms with E-state index >= 15 is 0 Å². The summed E-state index contributed by atoms with van der Waals surface area (Å²) in [7, 11) is 0. The molecule has 22 heavy (non-hydrogen) atoms. The van der Waals surface area contributed by atoms with Gasteiger partial charge in [-0.05, 0) is 30.7 Å². The minimum Gasteiger partial charge on any atom is -0.355 e. The van der Waals surface area contributed by atoms with Crippen LogP contribution in [0.15, 0.2) is 24.3 Å². The van der Waals surface area contributed by atoms with Crippen molar-refractivity contribution in [2.45, 2.75) is 19.8 Å². The molecule has 0 aromatic heterocycles. The molecule has 1 N–H and O–H groups in total. The normalized spacial score (nSPS) is 13.4. The lowest BCUT2D eigenvalue weighted by atomic mass is 10.1. The van der Waals surface area contributed by atoms with Gasteiger partial charge < -0.3 is 5.32 Å². The molecule has 1 aromatic carbocycles. The molecule has 1 aromatic rings. The lowest BCUT2D eigenvalue weighted by Crippen LogP contribution is -2.31. The molecule has 0 spiro atoms. The second-order valence-corrected chi connectivity index (χ2v) is 6.17. The van der Waals surface area contributed by atoms with Crippen molar-refractivity contribution in [3.63, 3.8) is 0 Å². The average molecular weight is 320 g/mol. The molecule has 0 fully saturated rings. The molecule has 0 atom stereocenters. The number of imide groups is 1. The minimum absolute atomic E-state index is 0.0348. The number of benzene rings is 1. The molecule has 0 radical (unpaired) electrons. The Kier molecular flexibility index (Phi) is 6.00. The van der Waals surface area contributed by atoms with Crippen LogP contribution in [0.25, 0.3) is 0 Å². The number of rotatable bonds is 8. The summed E-state index contributed by atoms with van der Waals surface area (Å²) in [6.45, 7) is 3.11. The molecule has 5 nitrogen and oxygen atoms in total. The maximum absolute atomic E-state index is 12.1. The Hall–Kier alpha value is -1.82. The fraction of sp³-hybridized carbons (Fsp3) is 0.438. The first-order valence-electron chi connectivity index (χ1n) is 7.44. The minimum atomic E-state index is -0.216. The molecule has 1 heterocycles. The van der Waals surface area contributed by atoms with Gasteiger partial charge in [0.1, 0.15) is 0 Å². The second kappa shape index (κ2) is 7.98. The van der Waals surface area contributed by atoms with Crippen LogP contribution in [0.5, 0.6) is 0 Å². The third kappa shape index (κ3) is 3.88. The Morgan fingerprint density at radius 1 is 1.18 bits per heavy atom. The summed E-state index contributed by atoms with van der Waals surface area (Å²) in [4.78, 5) is 37.0. The number of thioether (sulfide) groups is 1. The highest BCUT2D eigenvalue weighted by Gasteiger charge is 2.34. The average Bonchev–Trinajstić information content (AvgIpc) is 2.77. The first-order chi connectivity index (χ1) is 10.6. The zero-order valence-corrected chi connectivity index (χ0v) is 13.4. The number of nitrogens with one attached hydrogen (secondary N) is 1. The van der Waals surface area contributed by atoms with E-state index in [0.717, 1.165) is 12.2 Å². The van der Waals surface area contributed by atoms with Gasteiger partial charge in [-0.1, -0.05) is 19.1 Å². The van der Waals surface area contributed by atoms with Crippen LogP contribution in [0.1, 0.15) is 40.5 Å². The van der Waals surface area contributed by atoms with E-state index in [9.17, 15) is 14.4 Å². The molecule has 0 saturated heterocycles. The summed E-state index contributed by atoms with van der Waals surface area (Å²) in [6.07, 6.45) is 1.62. The fourth-order valence-electron chi connectivity index (χ4n) is 2.25. The number of fused-ring (bicyclic) bond motifs is 1. The highest BCUT2D eigenvalue weighted by Crippen LogP contribution is 2.22. The van der Waals surface area contributed by atoms with Gasteiger partial charge >= 0.3 is 0 Å². The van der Waals surface area contributed by atoms with E-state index in [2.05, 4.69) is 5.32 Å². The van der Waals surface area contributed by atoms with Crippen molar-refractivity contribution in [3.05, 3.63) is 35.4 Å². The largest absolute Gasteiger partial charge is 0.355 e. The second-order valence-electron chi connectivity index (χ2n) is 5.06. The van der Waals surface area contributed by atoms with Crippen molar-refractivity contribution in [2.75, 3.05) is 24.6 Å². The fourth-order valence-corrected chi connectivity index (χ4v) is 3.01. The van der Waals surface area contributed by atoms with E-state index in [0.29, 0.717) is 36.4 Å². The van der Waals surface area contributed by atoms with Gasteiger partial charge in [-0.15, -0.1) is 0 Å². The SMILES string of the molecule is CCCNC(=O)CSCCCN1C(=O)c2ccccc2C1=O. The lowest BCUT2D eigenvalue weighted by molar-refractivity contribution is -0.118. The molecule has 6 heteroatoms. The van der Waals surface area contributed by atoms with Crippen LogP contribution in [0.4, 0.5) is 0 Å². The number of carbonyl (C=O) groups is 3. The quantitative estimate of drug-likeness (QED) is 0.587. The third-order valence-electron chi connectivity index (χ3n) is 3.35. The zero-order chi connectivity index (χ0) is 15.9. The smallest absolute Gasteiger partial charge is 0.261 e. The van der Waals surface area contributed by atoms with Gasteiger partial charge in [-0.2, -0.15) is 11.8 Å². The molecule has 1 aliphatic rings. The molecular formula is C16H20N2O3S. The maximum atomic E-state index is 12.1. The summed E-state index contributed by atoms with van der Waals surface area (Å²) >= 11 is 1.52. The van der Waals surface area contributed by atoms with Crippen LogP contribution in [0.3, 0.4) is 0 Å². The Morgan fingerprint density at radius 3 is 2.41 bits per heavy atom. The van der Waals surface area contributed by atoms with Gasteiger partial charge in [0.05, 0.1) is 16.9 Å². The first kappa shape index (κ1) is 16.5. The molecule has 2 rings (SSSR count). The first-order valence-corrected chi connectivity index (χ1v) is 8.60. The number of hydrogen-bond acceptors (Lipinski definition) is 4. The molecule has 3 amide bonds. The lowest BCUT2D eigenvalue weighted by Gasteiger charge is -2.13. The van der Waals surface area contributed by atoms with Crippen LogP contribution in [0, 0.1) is 0 Å². The van der Waals surface area contributed by atoms with Gasteiger partial charge in [0.15, 0.2) is 0 Å². The number of nitrogens with zero attached hydrogens (tertiary/aromatic N) is 1. The summed E-state index contributed by atoms with van der Waals surface area (Å²) in [5.41, 5.74) is 0.971. The number of carbonyl (C=O) groups excluding carboxylic acids is 3. The van der Waals surface area contributed by atoms with Crippen molar-refractivity contribution < 1.29 is 14.4 Å². The van der Waals surface area contributed by atoms with Gasteiger partial charge in [-0.3, -0.25) is 19.3 Å². The van der Waals surface area contributed by atoms with E-state index < -0.39 is 0 Å². The molecule has 0 unspecified atom stereocenters. The van der Waals surface area contributed by atoms with Gasteiger partial charge in [0.25, 0.3) is 11.8 Å². The van der Waals surface area contributed by atoms with Crippen LogP contribution in [0.2, 0.25) is 0 Å². The van der Waals surface area contributed by atoms with Crippen molar-refractivity contribution in [1.82, 2.24) is 10.2 Å². The van der Waals surface area contributed by atoms with E-state index in [1.807, 2.05) is 6.92 Å². The summed E-state index contributed by atoms with van der Waals surface area (Å²) in [5, 5.41) is 2.81. The number of amides is 3. The predicted octanol–water partition coefficient (Wildman–Crippen LogP) is 1.93. The van der Waals surface area contributed by atoms with Crippen LogP contribution < -0.4 is 5.32 Å². The van der Waals surface area contributed by atoms with Crippen molar-refractivity contribution >= 4 is 29.5 Å². The van der Waals surface area contributed by atoms with Crippen LogP contribution in [-0.4, -0.2) is 47.2 Å². The monoisotopic (exact) mass is 320 g/mol. The molecule has 0 saturated carbocycles. The summed E-state index contributed by atoms with van der Waals surface area (Å²) in [5.74, 6) is 0.764. The number of hydrogen-bond donors (Lipinski definition) is 1. The molecular weight excluding hydrogens is 300 g/mol. The van der Waals surface area contributed by atoms with E-state index in [1.54, 1.807) is 24.3 Å². The van der Waals surface area contributed by atoms with Gasteiger partial charge in [-0.25, -0.2) is 0 Å². The highest BCUT2D eigenvalue weighted by atomic mass is 32.2. The molecule has 1 aliphatic heterocycles. The van der Waals surface area contributed by atoms with E-state index in [4.69, 9.17) is 0 Å². The van der Waals surface area contributed by atoms with E-state index in [-0.39, 0.29) is 17.7 Å². The maximum Gasteiger partial charge on any atom is 0.261 e. The Balaban J connectivity index is 1.72. The van der Waals surface area contributed by atoms with Crippen LogP contribution >= 0.6 is 11.8 Å². The predicted molar refractivity (Wildman–Crippen MR) is 87.1 cm³/mol. The van der Waals surface area contributed by atoms with Crippen molar-refractivity contribution in [1.29, 1.82) is 0 Å². The molecule has 0 bridgehead atoms. The Morgan fingerprint density at radius 2 is 1.82 bits per heavy atom. The Labute approximate surface area is 134 Å². The van der Waals surface area contributed by atoms with Crippen molar-refractivity contribution in [3.8, 4) is 0 Å². The van der Waals surface area contributed by atoms with Crippen LogP contribution in [-0.2, 0) is 4.79 Å². The zero-order valence-electron chi connectivity index (χ0n) is 12.6. The highest BCUT2D eigenvalue weighted by molar-refractivity contribution is 7.99.